The van der Waals surface area contributed by atoms with Gasteiger partial charge in [0.2, 0.25) is 11.8 Å². The van der Waals surface area contributed by atoms with Crippen molar-refractivity contribution in [2.75, 3.05) is 36.4 Å². The van der Waals surface area contributed by atoms with Gasteiger partial charge in [0, 0.05) is 31.9 Å². The third kappa shape index (κ3) is 4.06. The zero-order valence-corrected chi connectivity index (χ0v) is 15.8. The second-order valence-corrected chi connectivity index (χ2v) is 7.38. The van der Waals surface area contributed by atoms with Gasteiger partial charge in [-0.1, -0.05) is 12.1 Å². The van der Waals surface area contributed by atoms with Gasteiger partial charge in [-0.05, 0) is 42.8 Å². The van der Waals surface area contributed by atoms with Crippen molar-refractivity contribution in [1.82, 2.24) is 4.90 Å². The highest BCUT2D eigenvalue weighted by molar-refractivity contribution is 6.00. The SMILES string of the molecule is N#Cc1ccccc1NC(=O)C1CC1C(=O)N1CCN(c2ccc(F)cc2)CC1. The molecule has 29 heavy (non-hydrogen) atoms. The number of piperazine rings is 1. The molecule has 7 heteroatoms. The molecule has 0 spiro atoms. The summed E-state index contributed by atoms with van der Waals surface area (Å²) in [6, 6.07) is 15.2. The van der Waals surface area contributed by atoms with E-state index in [-0.39, 0.29) is 29.5 Å². The van der Waals surface area contributed by atoms with Gasteiger partial charge in [0.05, 0.1) is 23.1 Å². The molecule has 1 aliphatic heterocycles. The molecule has 0 radical (unpaired) electrons. The molecule has 1 saturated carbocycles. The lowest BCUT2D eigenvalue weighted by molar-refractivity contribution is -0.134. The molecule has 2 fully saturated rings. The second-order valence-electron chi connectivity index (χ2n) is 7.38. The van der Waals surface area contributed by atoms with E-state index in [0.717, 1.165) is 5.69 Å². The molecule has 0 bridgehead atoms. The van der Waals surface area contributed by atoms with Crippen LogP contribution < -0.4 is 10.2 Å². The summed E-state index contributed by atoms with van der Waals surface area (Å²) in [6.07, 6.45) is 0.539. The van der Waals surface area contributed by atoms with Crippen molar-refractivity contribution in [3.05, 3.63) is 59.9 Å². The zero-order valence-electron chi connectivity index (χ0n) is 15.8. The maximum atomic E-state index is 13.1. The van der Waals surface area contributed by atoms with Crippen LogP contribution in [0.5, 0.6) is 0 Å². The molecule has 0 aromatic heterocycles. The van der Waals surface area contributed by atoms with Gasteiger partial charge in [0.1, 0.15) is 11.9 Å². The number of benzene rings is 2. The minimum Gasteiger partial charge on any atom is -0.368 e. The zero-order chi connectivity index (χ0) is 20.4. The Morgan fingerprint density at radius 3 is 2.38 bits per heavy atom. The molecule has 2 amide bonds. The summed E-state index contributed by atoms with van der Waals surface area (Å²) < 4.78 is 13.1. The number of carbonyl (C=O) groups excluding carboxylic acids is 2. The Morgan fingerprint density at radius 1 is 1.00 bits per heavy atom. The Labute approximate surface area is 168 Å². The number of rotatable bonds is 4. The number of anilines is 2. The van der Waals surface area contributed by atoms with Crippen LogP contribution in [0.25, 0.3) is 0 Å². The van der Waals surface area contributed by atoms with Crippen LogP contribution in [0.1, 0.15) is 12.0 Å². The first-order valence-corrected chi connectivity index (χ1v) is 9.66. The lowest BCUT2D eigenvalue weighted by atomic mass is 10.2. The summed E-state index contributed by atoms with van der Waals surface area (Å²) in [4.78, 5) is 29.2. The third-order valence-corrected chi connectivity index (χ3v) is 5.53. The van der Waals surface area contributed by atoms with E-state index in [4.69, 9.17) is 5.26 Å². The van der Waals surface area contributed by atoms with Crippen molar-refractivity contribution in [2.24, 2.45) is 11.8 Å². The number of hydrogen-bond donors (Lipinski definition) is 1. The summed E-state index contributed by atoms with van der Waals surface area (Å²) in [5.74, 6) is -1.10. The molecule has 1 saturated heterocycles. The molecule has 1 heterocycles. The number of carbonyl (C=O) groups is 2. The maximum Gasteiger partial charge on any atom is 0.228 e. The van der Waals surface area contributed by atoms with E-state index in [9.17, 15) is 14.0 Å². The average molecular weight is 392 g/mol. The van der Waals surface area contributed by atoms with Crippen LogP contribution >= 0.6 is 0 Å². The van der Waals surface area contributed by atoms with Crippen molar-refractivity contribution in [1.29, 1.82) is 5.26 Å². The van der Waals surface area contributed by atoms with Crippen molar-refractivity contribution >= 4 is 23.2 Å². The maximum absolute atomic E-state index is 13.1. The molecular formula is C22H21FN4O2. The minimum absolute atomic E-state index is 0.0116. The Morgan fingerprint density at radius 2 is 1.69 bits per heavy atom. The molecule has 2 atom stereocenters. The number of nitriles is 1. The van der Waals surface area contributed by atoms with E-state index < -0.39 is 0 Å². The van der Waals surface area contributed by atoms with Gasteiger partial charge in [-0.25, -0.2) is 4.39 Å². The van der Waals surface area contributed by atoms with Crippen molar-refractivity contribution in [3.63, 3.8) is 0 Å². The fourth-order valence-electron chi connectivity index (χ4n) is 3.74. The van der Waals surface area contributed by atoms with Gasteiger partial charge < -0.3 is 15.1 Å². The lowest BCUT2D eigenvalue weighted by Gasteiger charge is -2.36. The number of hydrogen-bond acceptors (Lipinski definition) is 4. The monoisotopic (exact) mass is 392 g/mol. The van der Waals surface area contributed by atoms with E-state index in [2.05, 4.69) is 16.3 Å². The number of amides is 2. The normalized spacial score (nSPS) is 20.7. The van der Waals surface area contributed by atoms with Crippen LogP contribution in [0.2, 0.25) is 0 Å². The van der Waals surface area contributed by atoms with Gasteiger partial charge in [0.25, 0.3) is 0 Å². The number of nitrogens with zero attached hydrogens (tertiary/aromatic N) is 3. The van der Waals surface area contributed by atoms with E-state index >= 15 is 0 Å². The molecule has 2 aliphatic rings. The van der Waals surface area contributed by atoms with Crippen LogP contribution in [0.15, 0.2) is 48.5 Å². The topological polar surface area (TPSA) is 76.4 Å². The lowest BCUT2D eigenvalue weighted by Crippen LogP contribution is -2.49. The molecule has 1 aliphatic carbocycles. The Hall–Kier alpha value is -3.40. The Kier molecular flexibility index (Phi) is 5.17. The van der Waals surface area contributed by atoms with Gasteiger partial charge in [-0.15, -0.1) is 0 Å². The van der Waals surface area contributed by atoms with E-state index in [1.807, 2.05) is 0 Å². The van der Waals surface area contributed by atoms with Crippen molar-refractivity contribution in [3.8, 4) is 6.07 Å². The number of para-hydroxylation sites is 1. The molecule has 2 aromatic rings. The van der Waals surface area contributed by atoms with E-state index in [1.165, 1.54) is 12.1 Å². The first-order chi connectivity index (χ1) is 14.1. The molecular weight excluding hydrogens is 371 g/mol. The Balaban J connectivity index is 1.30. The third-order valence-electron chi connectivity index (χ3n) is 5.53. The van der Waals surface area contributed by atoms with Crippen molar-refractivity contribution < 1.29 is 14.0 Å². The van der Waals surface area contributed by atoms with E-state index in [1.54, 1.807) is 41.3 Å². The van der Waals surface area contributed by atoms with Crippen LogP contribution in [0, 0.1) is 29.0 Å². The summed E-state index contributed by atoms with van der Waals surface area (Å²) in [5, 5.41) is 11.9. The first kappa shape index (κ1) is 18.9. The summed E-state index contributed by atoms with van der Waals surface area (Å²) in [5.41, 5.74) is 1.82. The molecule has 4 rings (SSSR count). The molecule has 6 nitrogen and oxygen atoms in total. The summed E-state index contributed by atoms with van der Waals surface area (Å²) in [7, 11) is 0. The predicted octanol–water partition coefficient (Wildman–Crippen LogP) is 2.62. The standard InChI is InChI=1S/C22H21FN4O2/c23-16-5-7-17(8-6-16)26-9-11-27(12-10-26)22(29)19-13-18(19)21(28)25-20-4-2-1-3-15(20)14-24/h1-8,18-19H,9-13H2,(H,25,28). The Bertz CT molecular complexity index is 962. The molecule has 148 valence electrons. The highest BCUT2D eigenvalue weighted by atomic mass is 19.1. The van der Waals surface area contributed by atoms with Gasteiger partial charge in [0.15, 0.2) is 0 Å². The minimum atomic E-state index is -0.343. The average Bonchev–Trinajstić information content (AvgIpc) is 3.55. The highest BCUT2D eigenvalue weighted by Gasteiger charge is 2.49. The van der Waals surface area contributed by atoms with Crippen LogP contribution in [0.3, 0.4) is 0 Å². The predicted molar refractivity (Wildman–Crippen MR) is 107 cm³/mol. The smallest absolute Gasteiger partial charge is 0.228 e. The van der Waals surface area contributed by atoms with Crippen LogP contribution in [-0.2, 0) is 9.59 Å². The molecule has 1 N–H and O–H groups in total. The number of nitrogens with one attached hydrogen (secondary N) is 1. The molecule has 2 unspecified atom stereocenters. The van der Waals surface area contributed by atoms with E-state index in [0.29, 0.717) is 43.9 Å². The summed E-state index contributed by atoms with van der Waals surface area (Å²) >= 11 is 0. The fraction of sp³-hybridized carbons (Fsp3) is 0.318. The van der Waals surface area contributed by atoms with Gasteiger partial charge in [-0.3, -0.25) is 9.59 Å². The fourth-order valence-corrected chi connectivity index (χ4v) is 3.74. The first-order valence-electron chi connectivity index (χ1n) is 9.66. The van der Waals surface area contributed by atoms with Gasteiger partial charge >= 0.3 is 0 Å². The highest BCUT2D eigenvalue weighted by Crippen LogP contribution is 2.41. The van der Waals surface area contributed by atoms with Gasteiger partial charge in [-0.2, -0.15) is 5.26 Å². The number of halogens is 1. The van der Waals surface area contributed by atoms with Crippen LogP contribution in [0.4, 0.5) is 15.8 Å². The molecule has 2 aromatic carbocycles. The van der Waals surface area contributed by atoms with Crippen LogP contribution in [-0.4, -0.2) is 42.9 Å². The quantitative estimate of drug-likeness (QED) is 0.868. The second kappa shape index (κ2) is 7.92. The summed E-state index contributed by atoms with van der Waals surface area (Å²) in [6.45, 7) is 2.52. The largest absolute Gasteiger partial charge is 0.368 e. The van der Waals surface area contributed by atoms with Crippen molar-refractivity contribution in [2.45, 2.75) is 6.42 Å².